The van der Waals surface area contributed by atoms with E-state index in [0.717, 1.165) is 20.9 Å². The van der Waals surface area contributed by atoms with E-state index >= 15 is 0 Å². The van der Waals surface area contributed by atoms with E-state index in [1.165, 1.54) is 35.7 Å². The van der Waals surface area contributed by atoms with Gasteiger partial charge in [0.25, 0.3) is 0 Å². The molecule has 0 aromatic carbocycles. The molecule has 0 spiro atoms. The second-order valence-electron chi connectivity index (χ2n) is 7.97. The molecular weight excluding hydrogens is 453 g/mol. The third-order valence-electron chi connectivity index (χ3n) is 4.79. The van der Waals surface area contributed by atoms with Crippen LogP contribution in [0.5, 0.6) is 0 Å². The van der Waals surface area contributed by atoms with Gasteiger partial charge in [0.1, 0.15) is 0 Å². The molecule has 0 atom stereocenters. The Kier molecular flexibility index (Phi) is 5.51. The lowest BCUT2D eigenvalue weighted by Gasteiger charge is -2.34. The fraction of sp³-hybridized carbons (Fsp3) is 0.261. The standard InChI is InChI=1S/C23H20O3S4/c1-23(2)12-25-22(26-13-23)21-10-9-20(30-21)19-8-7-18(29-19)17-6-5-16(28-17)15-4-3-14(11-24)27-15/h3-11,22H,12-13H2,1-2H3. The molecule has 0 radical (unpaired) electrons. The molecule has 30 heavy (non-hydrogen) atoms. The van der Waals surface area contributed by atoms with Gasteiger partial charge >= 0.3 is 0 Å². The maximum Gasteiger partial charge on any atom is 0.193 e. The second kappa shape index (κ2) is 8.15. The first kappa shape index (κ1) is 20.3. The molecule has 154 valence electrons. The van der Waals surface area contributed by atoms with Crippen LogP contribution in [-0.4, -0.2) is 19.5 Å². The zero-order chi connectivity index (χ0) is 20.7. The van der Waals surface area contributed by atoms with Crippen LogP contribution in [0.2, 0.25) is 0 Å². The predicted molar refractivity (Wildman–Crippen MR) is 128 cm³/mol. The molecule has 0 N–H and O–H groups in total. The summed E-state index contributed by atoms with van der Waals surface area (Å²) < 4.78 is 11.9. The first-order chi connectivity index (χ1) is 14.5. The number of hydrogen-bond acceptors (Lipinski definition) is 7. The van der Waals surface area contributed by atoms with E-state index in [0.29, 0.717) is 13.2 Å². The summed E-state index contributed by atoms with van der Waals surface area (Å²) in [5.41, 5.74) is 0.0801. The molecular formula is C23H20O3S4. The van der Waals surface area contributed by atoms with Gasteiger partial charge in [0.05, 0.1) is 23.0 Å². The number of thiophene rings is 4. The molecule has 0 amide bonds. The molecule has 0 unspecified atom stereocenters. The highest BCUT2D eigenvalue weighted by Crippen LogP contribution is 2.44. The highest BCUT2D eigenvalue weighted by molar-refractivity contribution is 7.28. The number of aldehydes is 1. The number of ether oxygens (including phenoxy) is 2. The van der Waals surface area contributed by atoms with Crippen molar-refractivity contribution in [2.45, 2.75) is 20.1 Å². The summed E-state index contributed by atoms with van der Waals surface area (Å²) in [6.07, 6.45) is 0.659. The van der Waals surface area contributed by atoms with Gasteiger partial charge in [-0.1, -0.05) is 13.8 Å². The van der Waals surface area contributed by atoms with E-state index in [2.05, 4.69) is 50.2 Å². The van der Waals surface area contributed by atoms with Crippen LogP contribution in [0.15, 0.2) is 48.5 Å². The van der Waals surface area contributed by atoms with E-state index in [1.54, 1.807) is 34.0 Å². The number of rotatable bonds is 5. The smallest absolute Gasteiger partial charge is 0.193 e. The average molecular weight is 473 g/mol. The molecule has 5 heterocycles. The minimum atomic E-state index is -0.252. The van der Waals surface area contributed by atoms with Crippen molar-refractivity contribution in [2.75, 3.05) is 13.2 Å². The predicted octanol–water partition coefficient (Wildman–Crippen LogP) is 7.82. The Morgan fingerprint density at radius 2 is 1.20 bits per heavy atom. The first-order valence-electron chi connectivity index (χ1n) is 9.59. The SMILES string of the molecule is CC1(C)COC(c2ccc(-c3ccc(-c4ccc(-c5ccc(C=O)s5)s4)s3)s2)OC1. The monoisotopic (exact) mass is 472 g/mol. The molecule has 1 aliphatic rings. The van der Waals surface area contributed by atoms with Crippen LogP contribution in [0, 0.1) is 5.41 Å². The van der Waals surface area contributed by atoms with Crippen molar-refractivity contribution in [3.8, 4) is 29.3 Å². The average Bonchev–Trinajstić information content (AvgIpc) is 3.53. The fourth-order valence-electron chi connectivity index (χ4n) is 3.22. The van der Waals surface area contributed by atoms with Crippen molar-refractivity contribution in [3.05, 3.63) is 58.3 Å². The Hall–Kier alpha value is -1.61. The van der Waals surface area contributed by atoms with Crippen LogP contribution in [0.3, 0.4) is 0 Å². The molecule has 0 aliphatic carbocycles. The maximum absolute atomic E-state index is 10.9. The van der Waals surface area contributed by atoms with Crippen molar-refractivity contribution in [1.82, 2.24) is 0 Å². The minimum Gasteiger partial charge on any atom is -0.347 e. The maximum atomic E-state index is 10.9. The quantitative estimate of drug-likeness (QED) is 0.278. The van der Waals surface area contributed by atoms with Crippen LogP contribution in [0.25, 0.3) is 29.3 Å². The zero-order valence-electron chi connectivity index (χ0n) is 16.5. The third-order valence-corrected chi connectivity index (χ3v) is 9.67. The summed E-state index contributed by atoms with van der Waals surface area (Å²) in [6, 6.07) is 16.9. The van der Waals surface area contributed by atoms with Gasteiger partial charge in [-0.25, -0.2) is 0 Å². The fourth-order valence-corrected chi connectivity index (χ4v) is 7.34. The van der Waals surface area contributed by atoms with Crippen molar-refractivity contribution in [3.63, 3.8) is 0 Å². The molecule has 5 rings (SSSR count). The molecule has 1 fully saturated rings. The van der Waals surface area contributed by atoms with Crippen LogP contribution in [-0.2, 0) is 9.47 Å². The highest BCUT2D eigenvalue weighted by Gasteiger charge is 2.30. The summed E-state index contributed by atoms with van der Waals surface area (Å²) in [6.45, 7) is 5.75. The third kappa shape index (κ3) is 4.10. The van der Waals surface area contributed by atoms with Gasteiger partial charge in [0, 0.05) is 34.7 Å². The molecule has 0 bridgehead atoms. The Labute approximate surface area is 191 Å². The van der Waals surface area contributed by atoms with E-state index in [4.69, 9.17) is 9.47 Å². The summed E-state index contributed by atoms with van der Waals surface area (Å²) in [5, 5.41) is 0. The van der Waals surface area contributed by atoms with Crippen LogP contribution in [0.4, 0.5) is 0 Å². The van der Waals surface area contributed by atoms with Gasteiger partial charge in [-0.2, -0.15) is 0 Å². The van der Waals surface area contributed by atoms with Crippen molar-refractivity contribution in [1.29, 1.82) is 0 Å². The lowest BCUT2D eigenvalue weighted by atomic mass is 9.96. The normalized spacial score (nSPS) is 16.7. The molecule has 0 saturated carbocycles. The van der Waals surface area contributed by atoms with E-state index in [-0.39, 0.29) is 11.7 Å². The van der Waals surface area contributed by atoms with Crippen LogP contribution >= 0.6 is 45.3 Å². The Balaban J connectivity index is 1.33. The number of carbonyl (C=O) groups is 1. The van der Waals surface area contributed by atoms with Crippen molar-refractivity contribution in [2.24, 2.45) is 5.41 Å². The van der Waals surface area contributed by atoms with E-state index in [1.807, 2.05) is 12.1 Å². The first-order valence-corrected chi connectivity index (χ1v) is 12.9. The topological polar surface area (TPSA) is 35.5 Å². The summed E-state index contributed by atoms with van der Waals surface area (Å²) in [7, 11) is 0. The largest absolute Gasteiger partial charge is 0.347 e. The molecule has 3 nitrogen and oxygen atoms in total. The molecule has 7 heteroatoms. The van der Waals surface area contributed by atoms with Gasteiger partial charge in [-0.05, 0) is 48.5 Å². The summed E-state index contributed by atoms with van der Waals surface area (Å²) in [4.78, 5) is 20.2. The van der Waals surface area contributed by atoms with E-state index < -0.39 is 0 Å². The molecule has 4 aromatic rings. The van der Waals surface area contributed by atoms with Gasteiger partial charge in [-0.3, -0.25) is 4.79 Å². The van der Waals surface area contributed by atoms with Gasteiger partial charge < -0.3 is 9.47 Å². The van der Waals surface area contributed by atoms with Crippen LogP contribution < -0.4 is 0 Å². The van der Waals surface area contributed by atoms with Gasteiger partial charge in [0.15, 0.2) is 12.6 Å². The zero-order valence-corrected chi connectivity index (χ0v) is 19.8. The Morgan fingerprint density at radius 1 is 0.733 bits per heavy atom. The number of hydrogen-bond donors (Lipinski definition) is 0. The summed E-state index contributed by atoms with van der Waals surface area (Å²) in [5.74, 6) is 0. The number of carbonyl (C=O) groups excluding carboxylic acids is 1. The van der Waals surface area contributed by atoms with E-state index in [9.17, 15) is 4.79 Å². The van der Waals surface area contributed by atoms with Crippen molar-refractivity contribution < 1.29 is 14.3 Å². The van der Waals surface area contributed by atoms with Gasteiger partial charge in [0.2, 0.25) is 0 Å². The summed E-state index contributed by atoms with van der Waals surface area (Å²) >= 11 is 6.85. The van der Waals surface area contributed by atoms with Crippen LogP contribution in [0.1, 0.15) is 34.7 Å². The Bertz CT molecular complexity index is 1170. The highest BCUT2D eigenvalue weighted by atomic mass is 32.1. The molecule has 4 aromatic heterocycles. The lowest BCUT2D eigenvalue weighted by Crippen LogP contribution is -2.33. The Morgan fingerprint density at radius 3 is 1.73 bits per heavy atom. The van der Waals surface area contributed by atoms with Gasteiger partial charge in [-0.15, -0.1) is 45.3 Å². The minimum absolute atomic E-state index is 0.0801. The molecule has 1 aliphatic heterocycles. The molecule has 1 saturated heterocycles. The second-order valence-corrected chi connectivity index (χ2v) is 12.4. The lowest BCUT2D eigenvalue weighted by molar-refractivity contribution is -0.224. The van der Waals surface area contributed by atoms with Crippen molar-refractivity contribution >= 4 is 51.6 Å².